The van der Waals surface area contributed by atoms with Crippen LogP contribution in [0.25, 0.3) is 0 Å². The minimum atomic E-state index is -5.12. The molecule has 0 aromatic carbocycles. The van der Waals surface area contributed by atoms with E-state index in [9.17, 15) is 44.6 Å². The number of aliphatic hydroxyl groups is 5. The van der Waals surface area contributed by atoms with E-state index in [0.29, 0.717) is 12.8 Å². The van der Waals surface area contributed by atoms with Crippen LogP contribution < -0.4 is 0 Å². The minimum Gasteiger partial charge on any atom is -0.462 e. The fourth-order valence-electron chi connectivity index (χ4n) is 8.57. The predicted octanol–water partition coefficient (Wildman–Crippen LogP) is 12.3. The maximum atomic E-state index is 12.9. The van der Waals surface area contributed by atoms with Gasteiger partial charge < -0.3 is 39.9 Å². The smallest absolute Gasteiger partial charge is 0.462 e. The highest BCUT2D eigenvalue weighted by molar-refractivity contribution is 7.47. The Bertz CT molecular complexity index is 1280. The Morgan fingerprint density at radius 3 is 1.12 bits per heavy atom. The van der Waals surface area contributed by atoms with Gasteiger partial charge in [-0.1, -0.05) is 199 Å². The lowest BCUT2D eigenvalue weighted by Crippen LogP contribution is -2.64. The molecule has 13 nitrogen and oxygen atoms in total. The van der Waals surface area contributed by atoms with Crippen LogP contribution in [0.3, 0.4) is 0 Å². The SMILES string of the molecule is CCCCCCCCC/C=C\CCCCCCCCCC(=O)OCC(COP(=O)(O)OC1C(O)C(O)C(O)C(O)C1O)OC(=O)CCCCCCCCCCC/C=C\CCCCCCCCCC. The van der Waals surface area contributed by atoms with Crippen molar-refractivity contribution in [2.24, 2.45) is 0 Å². The molecule has 1 saturated carbocycles. The number of aliphatic hydroxyl groups excluding tert-OH is 5. The van der Waals surface area contributed by atoms with E-state index in [1.807, 2.05) is 0 Å². The summed E-state index contributed by atoms with van der Waals surface area (Å²) in [5.41, 5.74) is 0. The number of unbranched alkanes of at least 4 members (excludes halogenated alkanes) is 31. The van der Waals surface area contributed by atoms with Crippen molar-refractivity contribution in [3.05, 3.63) is 24.3 Å². The van der Waals surface area contributed by atoms with Crippen molar-refractivity contribution in [1.29, 1.82) is 0 Å². The number of ether oxygens (including phenoxy) is 2. The summed E-state index contributed by atoms with van der Waals surface area (Å²) >= 11 is 0. The number of rotatable bonds is 47. The van der Waals surface area contributed by atoms with Gasteiger partial charge in [0.1, 0.15) is 43.2 Å². The van der Waals surface area contributed by atoms with E-state index in [0.717, 1.165) is 64.2 Å². The lowest BCUT2D eigenvalue weighted by atomic mass is 9.85. The predicted molar refractivity (Wildman–Crippen MR) is 272 cm³/mol. The Morgan fingerprint density at radius 2 is 0.750 bits per heavy atom. The molecule has 68 heavy (non-hydrogen) atoms. The van der Waals surface area contributed by atoms with Crippen molar-refractivity contribution < 1.29 is 63.1 Å². The second-order valence-electron chi connectivity index (χ2n) is 19.4. The van der Waals surface area contributed by atoms with Crippen LogP contribution in [0.1, 0.15) is 251 Å². The van der Waals surface area contributed by atoms with Gasteiger partial charge in [-0.2, -0.15) is 0 Å². The van der Waals surface area contributed by atoms with Gasteiger partial charge in [0.2, 0.25) is 0 Å². The van der Waals surface area contributed by atoms with E-state index in [2.05, 4.69) is 38.2 Å². The van der Waals surface area contributed by atoms with Crippen molar-refractivity contribution in [3.63, 3.8) is 0 Å². The van der Waals surface area contributed by atoms with Gasteiger partial charge in [0, 0.05) is 12.8 Å². The normalized spacial score (nSPS) is 21.1. The number of hydrogen-bond donors (Lipinski definition) is 6. The number of phosphoric ester groups is 1. The van der Waals surface area contributed by atoms with E-state index in [1.54, 1.807) is 0 Å². The number of esters is 2. The molecule has 0 radical (unpaired) electrons. The van der Waals surface area contributed by atoms with Crippen LogP contribution in [0, 0.1) is 0 Å². The van der Waals surface area contributed by atoms with Crippen LogP contribution in [0.4, 0.5) is 0 Å². The first-order chi connectivity index (χ1) is 32.9. The van der Waals surface area contributed by atoms with Crippen molar-refractivity contribution in [2.75, 3.05) is 13.2 Å². The van der Waals surface area contributed by atoms with E-state index < -0.39 is 75.7 Å². The molecule has 0 aromatic heterocycles. The molecule has 0 saturated heterocycles. The quantitative estimate of drug-likeness (QED) is 0.0145. The second-order valence-corrected chi connectivity index (χ2v) is 20.8. The number of phosphoric acid groups is 1. The molecule has 0 spiro atoms. The highest BCUT2D eigenvalue weighted by atomic mass is 31.2. The van der Waals surface area contributed by atoms with E-state index >= 15 is 0 Å². The van der Waals surface area contributed by atoms with Gasteiger partial charge in [-0.25, -0.2) is 4.57 Å². The van der Waals surface area contributed by atoms with Gasteiger partial charge in [-0.05, 0) is 64.2 Å². The van der Waals surface area contributed by atoms with Crippen molar-refractivity contribution >= 4 is 19.8 Å². The molecular weight excluding hydrogens is 888 g/mol. The Labute approximate surface area is 413 Å². The van der Waals surface area contributed by atoms with Crippen LogP contribution in [-0.4, -0.2) is 98.3 Å². The molecule has 6 N–H and O–H groups in total. The lowest BCUT2D eigenvalue weighted by Gasteiger charge is -2.41. The third kappa shape index (κ3) is 35.4. The van der Waals surface area contributed by atoms with Gasteiger partial charge in [0.05, 0.1) is 6.61 Å². The lowest BCUT2D eigenvalue weighted by molar-refractivity contribution is -0.220. The summed E-state index contributed by atoms with van der Waals surface area (Å²) in [7, 11) is -5.12. The number of hydrogen-bond acceptors (Lipinski definition) is 12. The number of allylic oxidation sites excluding steroid dienone is 4. The summed E-state index contributed by atoms with van der Waals surface area (Å²) in [6.07, 6.45) is 37.9. The largest absolute Gasteiger partial charge is 0.472 e. The average molecular weight is 989 g/mol. The van der Waals surface area contributed by atoms with Gasteiger partial charge in [-0.15, -0.1) is 0 Å². The number of carbonyl (C=O) groups is 2. The minimum absolute atomic E-state index is 0.0961. The molecule has 400 valence electrons. The molecule has 0 amide bonds. The standard InChI is InChI=1S/C54H101O13P/c1-3-5-7-9-11-13-15-17-19-21-23-24-25-27-29-31-33-35-37-39-41-43-48(56)66-46(45-65-68(62,63)67-54-52(60)50(58)49(57)51(59)53(54)61)44-64-47(55)42-40-38-36-34-32-30-28-26-22-20-18-16-14-12-10-8-6-4-2/h20-23,46,49-54,57-61H,3-19,24-45H2,1-2H3,(H,62,63)/b22-20-,23-21-. The second kappa shape index (κ2) is 44.1. The molecule has 1 aliphatic rings. The molecule has 1 aliphatic carbocycles. The molecule has 0 heterocycles. The topological polar surface area (TPSA) is 210 Å². The Hall–Kier alpha value is -1.67. The van der Waals surface area contributed by atoms with Crippen molar-refractivity contribution in [1.82, 2.24) is 0 Å². The first-order valence-electron chi connectivity index (χ1n) is 27.6. The Balaban J connectivity index is 2.36. The average Bonchev–Trinajstić information content (AvgIpc) is 3.32. The zero-order valence-electron chi connectivity index (χ0n) is 42.9. The van der Waals surface area contributed by atoms with E-state index in [1.165, 1.54) is 148 Å². The molecule has 6 atom stereocenters. The van der Waals surface area contributed by atoms with Crippen LogP contribution in [0.5, 0.6) is 0 Å². The zero-order chi connectivity index (χ0) is 49.9. The molecule has 14 heteroatoms. The number of carbonyl (C=O) groups excluding carboxylic acids is 2. The third-order valence-corrected chi connectivity index (χ3v) is 14.0. The zero-order valence-corrected chi connectivity index (χ0v) is 43.8. The van der Waals surface area contributed by atoms with Gasteiger partial charge in [-0.3, -0.25) is 18.6 Å². The van der Waals surface area contributed by atoms with Crippen LogP contribution in [-0.2, 0) is 32.7 Å². The van der Waals surface area contributed by atoms with Gasteiger partial charge in [0.15, 0.2) is 6.10 Å². The van der Waals surface area contributed by atoms with Crippen LogP contribution in [0.15, 0.2) is 24.3 Å². The summed E-state index contributed by atoms with van der Waals surface area (Å²) in [5.74, 6) is -1.10. The summed E-state index contributed by atoms with van der Waals surface area (Å²) in [6, 6.07) is 0. The van der Waals surface area contributed by atoms with E-state index in [-0.39, 0.29) is 12.8 Å². The summed E-state index contributed by atoms with van der Waals surface area (Å²) < 4.78 is 33.7. The van der Waals surface area contributed by atoms with Gasteiger partial charge >= 0.3 is 19.8 Å². The monoisotopic (exact) mass is 989 g/mol. The maximum Gasteiger partial charge on any atom is 0.472 e. The third-order valence-electron chi connectivity index (χ3n) is 13.0. The van der Waals surface area contributed by atoms with Crippen molar-refractivity contribution in [2.45, 2.75) is 294 Å². The molecule has 6 unspecified atom stereocenters. The molecule has 0 bridgehead atoms. The molecule has 0 aliphatic heterocycles. The molecule has 1 rings (SSSR count). The summed E-state index contributed by atoms with van der Waals surface area (Å²) in [4.78, 5) is 35.9. The first-order valence-corrected chi connectivity index (χ1v) is 29.1. The molecular formula is C54H101O13P. The maximum absolute atomic E-state index is 12.9. The summed E-state index contributed by atoms with van der Waals surface area (Å²) in [6.45, 7) is 3.34. The Kier molecular flexibility index (Phi) is 41.7. The van der Waals surface area contributed by atoms with Crippen LogP contribution >= 0.6 is 7.82 Å². The van der Waals surface area contributed by atoms with Crippen LogP contribution in [0.2, 0.25) is 0 Å². The fourth-order valence-corrected chi connectivity index (χ4v) is 9.55. The first kappa shape index (κ1) is 64.3. The molecule has 0 aromatic rings. The highest BCUT2D eigenvalue weighted by Crippen LogP contribution is 2.47. The fraction of sp³-hybridized carbons (Fsp3) is 0.889. The molecule has 1 fully saturated rings. The highest BCUT2D eigenvalue weighted by Gasteiger charge is 2.51. The van der Waals surface area contributed by atoms with E-state index in [4.69, 9.17) is 18.5 Å². The Morgan fingerprint density at radius 1 is 0.441 bits per heavy atom. The van der Waals surface area contributed by atoms with Crippen molar-refractivity contribution in [3.8, 4) is 0 Å². The van der Waals surface area contributed by atoms with Gasteiger partial charge in [0.25, 0.3) is 0 Å². The summed E-state index contributed by atoms with van der Waals surface area (Å²) in [5, 5.41) is 50.3.